The molecular formula is C37H45N3O5. The molecule has 2 aromatic carbocycles. The maximum atomic E-state index is 13.3. The van der Waals surface area contributed by atoms with E-state index in [1.54, 1.807) is 12.1 Å². The first-order valence-electron chi connectivity index (χ1n) is 15.5. The minimum absolute atomic E-state index is 0.233. The fourth-order valence-electron chi connectivity index (χ4n) is 6.07. The molecule has 238 valence electrons. The average molecular weight is 612 g/mol. The summed E-state index contributed by atoms with van der Waals surface area (Å²) < 4.78 is 19.8. The molecule has 0 aliphatic carbocycles. The number of methoxy groups -OCH3 is 1. The molecule has 1 saturated heterocycles. The van der Waals surface area contributed by atoms with E-state index in [4.69, 9.17) is 19.3 Å². The van der Waals surface area contributed by atoms with Gasteiger partial charge in [0.15, 0.2) is 6.10 Å². The lowest BCUT2D eigenvalue weighted by Crippen LogP contribution is -2.45. The number of aryl methyl sites for hydroxylation is 2. The number of hydrogen-bond donors (Lipinski definition) is 1. The second-order valence-corrected chi connectivity index (χ2v) is 13.2. The van der Waals surface area contributed by atoms with Gasteiger partial charge in [0.25, 0.3) is 0 Å². The average Bonchev–Trinajstić information content (AvgIpc) is 3.43. The van der Waals surface area contributed by atoms with Gasteiger partial charge in [-0.3, -0.25) is 0 Å². The number of rotatable bonds is 9. The van der Waals surface area contributed by atoms with Gasteiger partial charge in [0.1, 0.15) is 5.75 Å². The summed E-state index contributed by atoms with van der Waals surface area (Å²) in [6.45, 7) is 17.7. The third-order valence-electron chi connectivity index (χ3n) is 8.43. The highest BCUT2D eigenvalue weighted by Crippen LogP contribution is 2.42. The highest BCUT2D eigenvalue weighted by atomic mass is 16.6. The first-order chi connectivity index (χ1) is 21.3. The third-order valence-corrected chi connectivity index (χ3v) is 8.43. The van der Waals surface area contributed by atoms with Gasteiger partial charge in [-0.2, -0.15) is 5.10 Å². The van der Waals surface area contributed by atoms with Gasteiger partial charge in [-0.1, -0.05) is 35.9 Å². The Morgan fingerprint density at radius 3 is 2.49 bits per heavy atom. The van der Waals surface area contributed by atoms with Crippen molar-refractivity contribution in [2.75, 3.05) is 31.7 Å². The molecular weight excluding hydrogens is 566 g/mol. The number of piperidine rings is 1. The Hall–Kier alpha value is -4.14. The molecule has 0 radical (unpaired) electrons. The van der Waals surface area contributed by atoms with Crippen LogP contribution in [0, 0.1) is 13.8 Å². The lowest BCUT2D eigenvalue weighted by molar-refractivity contribution is -0.164. The molecule has 0 amide bonds. The summed E-state index contributed by atoms with van der Waals surface area (Å²) in [5, 5.41) is 15.6. The molecule has 0 saturated carbocycles. The summed E-state index contributed by atoms with van der Waals surface area (Å²) >= 11 is 0. The van der Waals surface area contributed by atoms with Crippen molar-refractivity contribution >= 4 is 17.2 Å². The number of benzene rings is 2. The number of carbonyl (C=O) groups is 1. The van der Waals surface area contributed by atoms with Crippen molar-refractivity contribution in [1.29, 1.82) is 0 Å². The predicted octanol–water partition coefficient (Wildman–Crippen LogP) is 7.58. The number of ether oxygens (including phenoxy) is 3. The number of carbonyl (C=O) groups excluding carboxylic acids is 1. The number of phenolic OH excluding ortho intramolecular Hbond substituents is 1. The van der Waals surface area contributed by atoms with Gasteiger partial charge in [-0.15, -0.1) is 6.58 Å². The second kappa shape index (κ2) is 12.7. The monoisotopic (exact) mass is 611 g/mol. The lowest BCUT2D eigenvalue weighted by atomic mass is 9.91. The Balaban J connectivity index is 1.66. The van der Waals surface area contributed by atoms with E-state index < -0.39 is 17.7 Å². The number of hydrogen-bond acceptors (Lipinski definition) is 7. The van der Waals surface area contributed by atoms with Gasteiger partial charge in [-0.25, -0.2) is 9.31 Å². The molecule has 1 aliphatic heterocycles. The fourth-order valence-corrected chi connectivity index (χ4v) is 6.07. The molecule has 0 spiro atoms. The minimum Gasteiger partial charge on any atom is -0.507 e. The number of esters is 1. The van der Waals surface area contributed by atoms with E-state index in [1.165, 1.54) is 7.11 Å². The topological polar surface area (TPSA) is 85.5 Å². The van der Waals surface area contributed by atoms with Gasteiger partial charge in [0.2, 0.25) is 0 Å². The number of nitrogens with zero attached hydrogens (tertiary/aromatic N) is 3. The van der Waals surface area contributed by atoms with Crippen molar-refractivity contribution < 1.29 is 24.1 Å². The highest BCUT2D eigenvalue weighted by molar-refractivity contribution is 5.88. The van der Waals surface area contributed by atoms with Crippen LogP contribution >= 0.6 is 0 Å². The van der Waals surface area contributed by atoms with E-state index in [-0.39, 0.29) is 11.4 Å². The van der Waals surface area contributed by atoms with Crippen molar-refractivity contribution in [2.24, 2.45) is 0 Å². The van der Waals surface area contributed by atoms with E-state index >= 15 is 0 Å². The number of aromatic nitrogens is 2. The molecule has 3 heterocycles. The van der Waals surface area contributed by atoms with E-state index in [1.807, 2.05) is 81.7 Å². The number of fused-ring (bicyclic) bond motifs is 1. The van der Waals surface area contributed by atoms with Gasteiger partial charge in [0, 0.05) is 36.0 Å². The van der Waals surface area contributed by atoms with Crippen molar-refractivity contribution in [3.8, 4) is 28.1 Å². The van der Waals surface area contributed by atoms with Crippen LogP contribution in [0.5, 0.6) is 5.75 Å². The van der Waals surface area contributed by atoms with Crippen LogP contribution in [0.2, 0.25) is 0 Å². The summed E-state index contributed by atoms with van der Waals surface area (Å²) in [6.07, 6.45) is 4.44. The first-order valence-corrected chi connectivity index (χ1v) is 15.5. The molecule has 1 fully saturated rings. The molecule has 1 aliphatic rings. The molecule has 2 aromatic heterocycles. The Morgan fingerprint density at radius 2 is 1.82 bits per heavy atom. The summed E-state index contributed by atoms with van der Waals surface area (Å²) in [7, 11) is 1.40. The quantitative estimate of drug-likeness (QED) is 0.154. The summed E-state index contributed by atoms with van der Waals surface area (Å²) in [6, 6.07) is 15.7. The Morgan fingerprint density at radius 1 is 1.11 bits per heavy atom. The van der Waals surface area contributed by atoms with Crippen LogP contribution in [-0.2, 0) is 19.0 Å². The number of anilines is 1. The summed E-state index contributed by atoms with van der Waals surface area (Å²) in [5.41, 5.74) is 7.03. The second-order valence-electron chi connectivity index (χ2n) is 13.2. The van der Waals surface area contributed by atoms with E-state index in [9.17, 15) is 9.90 Å². The maximum Gasteiger partial charge on any atom is 0.339 e. The smallest absolute Gasteiger partial charge is 0.339 e. The largest absolute Gasteiger partial charge is 0.507 e. The molecule has 8 nitrogen and oxygen atoms in total. The van der Waals surface area contributed by atoms with Crippen molar-refractivity contribution in [1.82, 2.24) is 9.61 Å². The van der Waals surface area contributed by atoms with E-state index in [0.717, 1.165) is 76.2 Å². The van der Waals surface area contributed by atoms with Crippen LogP contribution < -0.4 is 4.90 Å². The first kappa shape index (κ1) is 32.3. The Kier molecular flexibility index (Phi) is 9.10. The molecule has 0 bridgehead atoms. The summed E-state index contributed by atoms with van der Waals surface area (Å²) in [4.78, 5) is 15.7. The Bertz CT molecular complexity index is 1710. The third kappa shape index (κ3) is 6.92. The molecule has 4 aromatic rings. The van der Waals surface area contributed by atoms with Crippen LogP contribution in [0.1, 0.15) is 63.3 Å². The number of phenols is 1. The predicted molar refractivity (Wildman–Crippen MR) is 179 cm³/mol. The summed E-state index contributed by atoms with van der Waals surface area (Å²) in [5.74, 6) is -0.211. The maximum absolute atomic E-state index is 13.3. The zero-order valence-electron chi connectivity index (χ0n) is 27.5. The van der Waals surface area contributed by atoms with Crippen molar-refractivity contribution in [3.05, 3.63) is 84.1 Å². The van der Waals surface area contributed by atoms with E-state index in [0.29, 0.717) is 6.61 Å². The van der Waals surface area contributed by atoms with Crippen molar-refractivity contribution in [2.45, 2.75) is 71.7 Å². The molecule has 45 heavy (non-hydrogen) atoms. The van der Waals surface area contributed by atoms with Crippen LogP contribution in [0.4, 0.5) is 5.69 Å². The zero-order chi connectivity index (χ0) is 32.5. The van der Waals surface area contributed by atoms with Crippen LogP contribution in [0.25, 0.3) is 27.9 Å². The van der Waals surface area contributed by atoms with Gasteiger partial charge < -0.3 is 24.2 Å². The van der Waals surface area contributed by atoms with E-state index in [2.05, 4.69) is 24.5 Å². The normalized spacial score (nSPS) is 15.7. The van der Waals surface area contributed by atoms with Crippen LogP contribution in [0.3, 0.4) is 0 Å². The lowest BCUT2D eigenvalue weighted by Gasteiger charge is -2.41. The number of pyridine rings is 1. The molecule has 1 atom stereocenters. The Labute approximate surface area is 266 Å². The van der Waals surface area contributed by atoms with Crippen molar-refractivity contribution in [3.63, 3.8) is 0 Å². The van der Waals surface area contributed by atoms with Gasteiger partial charge in [-0.05, 0) is 89.8 Å². The standard InChI is InChI=1S/C37H45N3O5/c1-9-19-44-37(7)15-17-39(18-16-37)33-30-22-29(27-12-10-11-26(21-27)28-20-24(2)13-14-31(28)41)38-40(30)23-25(3)32(33)34(35(42)43-8)45-36(4,5)6/h9-14,20-23,34,41H,1,15-19H2,2-8H3. The van der Waals surface area contributed by atoms with Crippen LogP contribution in [0.15, 0.2) is 67.4 Å². The van der Waals surface area contributed by atoms with Gasteiger partial charge in [0.05, 0.1) is 41.8 Å². The molecule has 5 rings (SSSR count). The highest BCUT2D eigenvalue weighted by Gasteiger charge is 2.37. The molecule has 1 N–H and O–H groups in total. The zero-order valence-corrected chi connectivity index (χ0v) is 27.5. The van der Waals surface area contributed by atoms with Crippen LogP contribution in [-0.4, -0.2) is 58.7 Å². The fraction of sp³-hybridized carbons (Fsp3) is 0.405. The number of aromatic hydroxyl groups is 1. The minimum atomic E-state index is -0.925. The SMILES string of the molecule is C=CCOC1(C)CCN(c2c(C(OC(C)(C)C)C(=O)OC)c(C)cn3nc(-c4cccc(-c5cc(C)ccc5O)c4)cc23)CC1. The van der Waals surface area contributed by atoms with Gasteiger partial charge >= 0.3 is 5.97 Å². The molecule has 8 heteroatoms. The molecule has 1 unspecified atom stereocenters.